The molecule has 1 aliphatic rings. The number of nitrogens with one attached hydrogen (secondary N) is 2. The third-order valence-electron chi connectivity index (χ3n) is 4.78. The molecule has 0 radical (unpaired) electrons. The number of thiophene rings is 1. The van der Waals surface area contributed by atoms with Crippen LogP contribution in [0.4, 0.5) is 10.5 Å². The molecular formula is C20H26N4O4S. The first-order chi connectivity index (χ1) is 14.1. The molecule has 2 aromatic rings. The van der Waals surface area contributed by atoms with E-state index in [2.05, 4.69) is 15.5 Å². The van der Waals surface area contributed by atoms with Gasteiger partial charge in [0, 0.05) is 56.4 Å². The van der Waals surface area contributed by atoms with Gasteiger partial charge in [-0.3, -0.25) is 9.69 Å². The van der Waals surface area contributed by atoms with Crippen molar-refractivity contribution in [2.75, 3.05) is 58.8 Å². The summed E-state index contributed by atoms with van der Waals surface area (Å²) in [5, 5.41) is 9.45. The van der Waals surface area contributed by atoms with Crippen LogP contribution < -0.4 is 20.1 Å². The number of methoxy groups -OCH3 is 2. The van der Waals surface area contributed by atoms with Gasteiger partial charge >= 0.3 is 6.03 Å². The monoisotopic (exact) mass is 418 g/mol. The molecule has 0 bridgehead atoms. The Hall–Kier alpha value is -2.78. The minimum atomic E-state index is -0.275. The van der Waals surface area contributed by atoms with Gasteiger partial charge in [0.25, 0.3) is 5.91 Å². The molecule has 1 aliphatic heterocycles. The van der Waals surface area contributed by atoms with Crippen molar-refractivity contribution in [1.29, 1.82) is 0 Å². The molecule has 0 aliphatic carbocycles. The van der Waals surface area contributed by atoms with E-state index in [-0.39, 0.29) is 11.9 Å². The Labute approximate surface area is 174 Å². The van der Waals surface area contributed by atoms with Gasteiger partial charge in [-0.05, 0) is 23.6 Å². The maximum absolute atomic E-state index is 12.4. The van der Waals surface area contributed by atoms with Crippen molar-refractivity contribution < 1.29 is 19.1 Å². The maximum Gasteiger partial charge on any atom is 0.319 e. The Morgan fingerprint density at radius 1 is 1.07 bits per heavy atom. The lowest BCUT2D eigenvalue weighted by Gasteiger charge is -2.34. The van der Waals surface area contributed by atoms with E-state index in [1.807, 2.05) is 21.7 Å². The zero-order valence-electron chi connectivity index (χ0n) is 16.6. The summed E-state index contributed by atoms with van der Waals surface area (Å²) in [5.41, 5.74) is 1.39. The highest BCUT2D eigenvalue weighted by atomic mass is 32.1. The number of piperazine rings is 1. The predicted octanol–water partition coefficient (Wildman–Crippen LogP) is 2.34. The van der Waals surface area contributed by atoms with Crippen LogP contribution in [0.25, 0.3) is 0 Å². The normalized spacial score (nSPS) is 14.3. The second-order valence-corrected chi connectivity index (χ2v) is 7.38. The molecule has 8 nitrogen and oxygen atoms in total. The van der Waals surface area contributed by atoms with Gasteiger partial charge in [-0.2, -0.15) is 11.3 Å². The molecule has 1 aromatic heterocycles. The van der Waals surface area contributed by atoms with Crippen molar-refractivity contribution in [3.05, 3.63) is 40.6 Å². The minimum Gasteiger partial charge on any atom is -0.493 e. The summed E-state index contributed by atoms with van der Waals surface area (Å²) in [7, 11) is 3.12. The van der Waals surface area contributed by atoms with Gasteiger partial charge in [-0.25, -0.2) is 4.79 Å². The molecule has 1 saturated heterocycles. The summed E-state index contributed by atoms with van der Waals surface area (Å²) in [5.74, 6) is 1.26. The van der Waals surface area contributed by atoms with Gasteiger partial charge < -0.3 is 25.0 Å². The van der Waals surface area contributed by atoms with E-state index in [1.54, 1.807) is 32.4 Å². The van der Waals surface area contributed by atoms with Crippen LogP contribution in [-0.4, -0.2) is 75.2 Å². The predicted molar refractivity (Wildman–Crippen MR) is 113 cm³/mol. The van der Waals surface area contributed by atoms with Gasteiger partial charge in [0.1, 0.15) is 0 Å². The van der Waals surface area contributed by atoms with Gasteiger partial charge in [0.05, 0.1) is 19.8 Å². The molecule has 2 N–H and O–H groups in total. The summed E-state index contributed by atoms with van der Waals surface area (Å²) in [4.78, 5) is 28.6. The second kappa shape index (κ2) is 10.1. The molecule has 9 heteroatoms. The Bertz CT molecular complexity index is 820. The van der Waals surface area contributed by atoms with Gasteiger partial charge in [0.2, 0.25) is 0 Å². The summed E-state index contributed by atoms with van der Waals surface area (Å²) in [6.07, 6.45) is 0. The highest BCUT2D eigenvalue weighted by Gasteiger charge is 2.22. The first-order valence-electron chi connectivity index (χ1n) is 9.41. The number of nitrogens with zero attached hydrogens (tertiary/aromatic N) is 2. The van der Waals surface area contributed by atoms with Crippen molar-refractivity contribution in [3.8, 4) is 11.5 Å². The fourth-order valence-corrected chi connectivity index (χ4v) is 3.79. The number of urea groups is 1. The molecule has 3 rings (SSSR count). The van der Waals surface area contributed by atoms with E-state index >= 15 is 0 Å². The average Bonchev–Trinajstić information content (AvgIpc) is 3.28. The fourth-order valence-electron chi connectivity index (χ4n) is 3.16. The smallest absolute Gasteiger partial charge is 0.319 e. The lowest BCUT2D eigenvalue weighted by atomic mass is 10.2. The highest BCUT2D eigenvalue weighted by Crippen LogP contribution is 2.29. The van der Waals surface area contributed by atoms with E-state index in [1.165, 1.54) is 11.3 Å². The standard InChI is InChI=1S/C20H26N4O4S/c1-27-17-4-3-16(13-18(17)28-2)22-20(26)21-6-7-23-8-10-24(11-9-23)19(25)15-5-12-29-14-15/h3-5,12-14H,6-11H2,1-2H3,(H2,21,22,26). The van der Waals surface area contributed by atoms with E-state index in [0.29, 0.717) is 36.8 Å². The summed E-state index contributed by atoms with van der Waals surface area (Å²) >= 11 is 1.53. The quantitative estimate of drug-likeness (QED) is 0.721. The van der Waals surface area contributed by atoms with Crippen LogP contribution in [0.1, 0.15) is 10.4 Å². The number of hydrogen-bond donors (Lipinski definition) is 2. The van der Waals surface area contributed by atoms with Crippen molar-refractivity contribution in [2.24, 2.45) is 0 Å². The Morgan fingerprint density at radius 3 is 2.48 bits per heavy atom. The van der Waals surface area contributed by atoms with Crippen LogP contribution >= 0.6 is 11.3 Å². The summed E-state index contributed by atoms with van der Waals surface area (Å²) in [6, 6.07) is 6.79. The molecule has 0 spiro atoms. The van der Waals surface area contributed by atoms with Crippen LogP contribution in [0.3, 0.4) is 0 Å². The molecule has 0 unspecified atom stereocenters. The molecule has 0 atom stereocenters. The van der Waals surface area contributed by atoms with Crippen molar-refractivity contribution in [3.63, 3.8) is 0 Å². The number of hydrogen-bond acceptors (Lipinski definition) is 6. The maximum atomic E-state index is 12.4. The molecular weight excluding hydrogens is 392 g/mol. The molecule has 3 amide bonds. The van der Waals surface area contributed by atoms with Crippen molar-refractivity contribution in [1.82, 2.24) is 15.1 Å². The third kappa shape index (κ3) is 5.61. The number of ether oxygens (including phenoxy) is 2. The highest BCUT2D eigenvalue weighted by molar-refractivity contribution is 7.08. The fraction of sp³-hybridized carbons (Fsp3) is 0.400. The number of anilines is 1. The first kappa shape index (κ1) is 20.9. The largest absolute Gasteiger partial charge is 0.493 e. The molecule has 1 aromatic carbocycles. The topological polar surface area (TPSA) is 83.1 Å². The number of carbonyl (C=O) groups excluding carboxylic acids is 2. The van der Waals surface area contributed by atoms with Crippen LogP contribution in [0.2, 0.25) is 0 Å². The average molecular weight is 419 g/mol. The van der Waals surface area contributed by atoms with E-state index in [9.17, 15) is 9.59 Å². The van der Waals surface area contributed by atoms with Crippen LogP contribution in [0.15, 0.2) is 35.0 Å². The zero-order valence-corrected chi connectivity index (χ0v) is 17.5. The van der Waals surface area contributed by atoms with E-state index < -0.39 is 0 Å². The first-order valence-corrected chi connectivity index (χ1v) is 10.4. The van der Waals surface area contributed by atoms with Gasteiger partial charge in [-0.15, -0.1) is 0 Å². The SMILES string of the molecule is COc1ccc(NC(=O)NCCN2CCN(C(=O)c3ccsc3)CC2)cc1OC. The Morgan fingerprint density at radius 2 is 1.83 bits per heavy atom. The van der Waals surface area contributed by atoms with Gasteiger partial charge in [0.15, 0.2) is 11.5 Å². The van der Waals surface area contributed by atoms with E-state index in [0.717, 1.165) is 25.2 Å². The minimum absolute atomic E-state index is 0.0957. The third-order valence-corrected chi connectivity index (χ3v) is 5.47. The molecule has 1 fully saturated rings. The number of amides is 3. The van der Waals surface area contributed by atoms with Crippen LogP contribution in [0.5, 0.6) is 11.5 Å². The molecule has 0 saturated carbocycles. The van der Waals surface area contributed by atoms with Crippen LogP contribution in [-0.2, 0) is 0 Å². The van der Waals surface area contributed by atoms with Crippen molar-refractivity contribution in [2.45, 2.75) is 0 Å². The van der Waals surface area contributed by atoms with Crippen molar-refractivity contribution >= 4 is 29.0 Å². The Balaban J connectivity index is 1.37. The van der Waals surface area contributed by atoms with Crippen LogP contribution in [0, 0.1) is 0 Å². The molecule has 156 valence electrons. The number of benzene rings is 1. The zero-order chi connectivity index (χ0) is 20.6. The molecule has 29 heavy (non-hydrogen) atoms. The second-order valence-electron chi connectivity index (χ2n) is 6.60. The Kier molecular flexibility index (Phi) is 7.31. The number of carbonyl (C=O) groups is 2. The summed E-state index contributed by atoms with van der Waals surface area (Å²) < 4.78 is 10.4. The lowest BCUT2D eigenvalue weighted by Crippen LogP contribution is -2.50. The summed E-state index contributed by atoms with van der Waals surface area (Å²) in [6.45, 7) is 4.26. The van der Waals surface area contributed by atoms with Gasteiger partial charge in [-0.1, -0.05) is 0 Å². The number of rotatable bonds is 7. The molecule has 2 heterocycles. The lowest BCUT2D eigenvalue weighted by molar-refractivity contribution is 0.0640. The van der Waals surface area contributed by atoms with E-state index in [4.69, 9.17) is 9.47 Å².